The molecule has 0 aliphatic rings. The van der Waals surface area contributed by atoms with E-state index in [2.05, 4.69) is 27.3 Å². The van der Waals surface area contributed by atoms with Crippen LogP contribution in [-0.4, -0.2) is 27.0 Å². The van der Waals surface area contributed by atoms with Crippen LogP contribution in [0.25, 0.3) is 0 Å². The van der Waals surface area contributed by atoms with E-state index in [1.54, 1.807) is 12.1 Å². The summed E-state index contributed by atoms with van der Waals surface area (Å²) in [6, 6.07) is 7.43. The number of anilines is 1. The van der Waals surface area contributed by atoms with Crippen molar-refractivity contribution in [1.29, 1.82) is 5.26 Å². The van der Waals surface area contributed by atoms with E-state index in [1.165, 1.54) is 6.26 Å². The van der Waals surface area contributed by atoms with Gasteiger partial charge in [0.15, 0.2) is 0 Å². The quantitative estimate of drug-likeness (QED) is 0.845. The molecule has 0 fully saturated rings. The van der Waals surface area contributed by atoms with E-state index in [0.717, 1.165) is 10.2 Å². The lowest BCUT2D eigenvalue weighted by Gasteiger charge is -2.07. The summed E-state index contributed by atoms with van der Waals surface area (Å²) in [7, 11) is -2.91. The molecule has 0 heterocycles. The molecule has 0 unspecified atom stereocenters. The van der Waals surface area contributed by atoms with Crippen LogP contribution in [0, 0.1) is 11.3 Å². The van der Waals surface area contributed by atoms with E-state index in [4.69, 9.17) is 5.26 Å². The van der Waals surface area contributed by atoms with Gasteiger partial charge >= 0.3 is 0 Å². The third kappa shape index (κ3) is 5.20. The Morgan fingerprint density at radius 2 is 2.18 bits per heavy atom. The number of nitriles is 1. The summed E-state index contributed by atoms with van der Waals surface area (Å²) in [6.45, 7) is 0.531. The second-order valence-electron chi connectivity index (χ2n) is 3.71. The molecule has 0 saturated heterocycles. The zero-order valence-electron chi connectivity index (χ0n) is 9.40. The highest BCUT2D eigenvalue weighted by molar-refractivity contribution is 9.10. The fraction of sp³-hybridized carbons (Fsp3) is 0.364. The lowest BCUT2D eigenvalue weighted by atomic mass is 10.2. The Bertz CT molecular complexity index is 535. The van der Waals surface area contributed by atoms with Crippen molar-refractivity contribution in [3.63, 3.8) is 0 Å². The van der Waals surface area contributed by atoms with Gasteiger partial charge in [-0.3, -0.25) is 0 Å². The highest BCUT2D eigenvalue weighted by Crippen LogP contribution is 2.20. The molecule has 4 nitrogen and oxygen atoms in total. The molecule has 0 radical (unpaired) electrons. The average molecular weight is 317 g/mol. The highest BCUT2D eigenvalue weighted by Gasteiger charge is 2.04. The molecule has 1 N–H and O–H groups in total. The second kappa shape index (κ2) is 6.03. The predicted molar refractivity (Wildman–Crippen MR) is 71.7 cm³/mol. The molecule has 0 saturated carbocycles. The van der Waals surface area contributed by atoms with Gasteiger partial charge in [0.2, 0.25) is 0 Å². The van der Waals surface area contributed by atoms with Crippen LogP contribution < -0.4 is 5.32 Å². The molecule has 0 aromatic heterocycles. The second-order valence-corrected chi connectivity index (χ2v) is 6.89. The minimum Gasteiger partial charge on any atom is -0.384 e. The first-order valence-corrected chi connectivity index (χ1v) is 7.89. The Morgan fingerprint density at radius 3 is 2.76 bits per heavy atom. The van der Waals surface area contributed by atoms with E-state index in [0.29, 0.717) is 18.5 Å². The standard InChI is InChI=1S/C11H13BrN2O2S/c1-17(15,16)6-2-5-14-11-4-3-10(12)7-9(11)8-13/h3-4,7,14H,2,5-6H2,1H3. The molecule has 0 spiro atoms. The Labute approximate surface area is 110 Å². The van der Waals surface area contributed by atoms with Gasteiger partial charge in [-0.05, 0) is 24.6 Å². The Kier molecular flexibility index (Phi) is 4.97. The normalized spacial score (nSPS) is 10.9. The third-order valence-corrected chi connectivity index (χ3v) is 3.63. The number of nitrogens with one attached hydrogen (secondary N) is 1. The number of sulfone groups is 1. The monoisotopic (exact) mass is 316 g/mol. The summed E-state index contributed by atoms with van der Waals surface area (Å²) < 4.78 is 22.7. The zero-order valence-corrected chi connectivity index (χ0v) is 11.8. The van der Waals surface area contributed by atoms with Crippen molar-refractivity contribution in [1.82, 2.24) is 0 Å². The largest absolute Gasteiger partial charge is 0.384 e. The van der Waals surface area contributed by atoms with Gasteiger partial charge in [0.1, 0.15) is 15.9 Å². The molecule has 1 aromatic rings. The average Bonchev–Trinajstić information content (AvgIpc) is 2.24. The number of halogens is 1. The van der Waals surface area contributed by atoms with E-state index >= 15 is 0 Å². The van der Waals surface area contributed by atoms with Crippen molar-refractivity contribution in [3.8, 4) is 6.07 Å². The molecule has 17 heavy (non-hydrogen) atoms. The predicted octanol–water partition coefficient (Wildman–Crippen LogP) is 2.17. The molecular weight excluding hydrogens is 304 g/mol. The molecule has 1 rings (SSSR count). The molecule has 0 aliphatic heterocycles. The SMILES string of the molecule is CS(=O)(=O)CCCNc1ccc(Br)cc1C#N. The third-order valence-electron chi connectivity index (χ3n) is 2.11. The first kappa shape index (κ1) is 14.0. The molecule has 0 bridgehead atoms. The lowest BCUT2D eigenvalue weighted by Crippen LogP contribution is -2.10. The summed E-state index contributed by atoms with van der Waals surface area (Å²) in [5.41, 5.74) is 1.27. The summed E-state index contributed by atoms with van der Waals surface area (Å²) in [5, 5.41) is 12.0. The molecule has 0 amide bonds. The van der Waals surface area contributed by atoms with Gasteiger partial charge in [-0.25, -0.2) is 8.42 Å². The summed E-state index contributed by atoms with van der Waals surface area (Å²) in [4.78, 5) is 0. The molecular formula is C11H13BrN2O2S. The maximum atomic E-state index is 10.9. The van der Waals surface area contributed by atoms with Gasteiger partial charge in [-0.2, -0.15) is 5.26 Å². The summed E-state index contributed by atoms with van der Waals surface area (Å²) in [5.74, 6) is 0.151. The van der Waals surface area contributed by atoms with Gasteiger partial charge < -0.3 is 5.32 Å². The Morgan fingerprint density at radius 1 is 1.47 bits per heavy atom. The van der Waals surface area contributed by atoms with E-state index in [9.17, 15) is 8.42 Å². The Hall–Kier alpha value is -1.06. The summed E-state index contributed by atoms with van der Waals surface area (Å²) in [6.07, 6.45) is 1.74. The minimum atomic E-state index is -2.91. The number of benzene rings is 1. The van der Waals surface area contributed by atoms with Crippen molar-refractivity contribution in [2.45, 2.75) is 6.42 Å². The number of hydrogen-bond acceptors (Lipinski definition) is 4. The van der Waals surface area contributed by atoms with Crippen LogP contribution in [0.5, 0.6) is 0 Å². The van der Waals surface area contributed by atoms with Gasteiger partial charge in [0.05, 0.1) is 17.0 Å². The zero-order chi connectivity index (χ0) is 12.9. The fourth-order valence-electron chi connectivity index (χ4n) is 1.32. The van der Waals surface area contributed by atoms with Crippen LogP contribution in [0.4, 0.5) is 5.69 Å². The van der Waals surface area contributed by atoms with Crippen LogP contribution in [0.3, 0.4) is 0 Å². The van der Waals surface area contributed by atoms with Crippen molar-refractivity contribution < 1.29 is 8.42 Å². The van der Waals surface area contributed by atoms with Gasteiger partial charge in [0.25, 0.3) is 0 Å². The van der Waals surface area contributed by atoms with Crippen molar-refractivity contribution in [2.75, 3.05) is 23.9 Å². The van der Waals surface area contributed by atoms with E-state index in [1.807, 2.05) is 6.07 Å². The smallest absolute Gasteiger partial charge is 0.147 e. The summed E-state index contributed by atoms with van der Waals surface area (Å²) >= 11 is 3.29. The molecule has 0 aliphatic carbocycles. The molecule has 0 atom stereocenters. The van der Waals surface area contributed by atoms with Crippen molar-refractivity contribution in [3.05, 3.63) is 28.2 Å². The van der Waals surface area contributed by atoms with Gasteiger partial charge in [-0.15, -0.1) is 0 Å². The van der Waals surface area contributed by atoms with Crippen LogP contribution in [0.1, 0.15) is 12.0 Å². The first-order chi connectivity index (χ1) is 7.92. The molecule has 92 valence electrons. The van der Waals surface area contributed by atoms with E-state index in [-0.39, 0.29) is 5.75 Å². The number of nitrogens with zero attached hydrogens (tertiary/aromatic N) is 1. The maximum absolute atomic E-state index is 10.9. The van der Waals surface area contributed by atoms with Crippen LogP contribution >= 0.6 is 15.9 Å². The molecule has 6 heteroatoms. The van der Waals surface area contributed by atoms with Gasteiger partial charge in [0, 0.05) is 17.3 Å². The van der Waals surface area contributed by atoms with Crippen LogP contribution in [0.2, 0.25) is 0 Å². The highest BCUT2D eigenvalue weighted by atomic mass is 79.9. The number of hydrogen-bond donors (Lipinski definition) is 1. The fourth-order valence-corrected chi connectivity index (χ4v) is 2.35. The number of rotatable bonds is 5. The van der Waals surface area contributed by atoms with E-state index < -0.39 is 9.84 Å². The van der Waals surface area contributed by atoms with Crippen molar-refractivity contribution >= 4 is 31.5 Å². The maximum Gasteiger partial charge on any atom is 0.147 e. The topological polar surface area (TPSA) is 70.0 Å². The van der Waals surface area contributed by atoms with Gasteiger partial charge in [-0.1, -0.05) is 15.9 Å². The lowest BCUT2D eigenvalue weighted by molar-refractivity contribution is 0.600. The Balaban J connectivity index is 2.56. The minimum absolute atomic E-state index is 0.151. The molecule has 1 aromatic carbocycles. The van der Waals surface area contributed by atoms with Crippen molar-refractivity contribution in [2.24, 2.45) is 0 Å². The van der Waals surface area contributed by atoms with Crippen LogP contribution in [0.15, 0.2) is 22.7 Å². The first-order valence-electron chi connectivity index (χ1n) is 5.03. The van der Waals surface area contributed by atoms with Crippen LogP contribution in [-0.2, 0) is 9.84 Å².